The van der Waals surface area contributed by atoms with E-state index in [1.165, 1.54) is 6.07 Å². The second-order valence-corrected chi connectivity index (χ2v) is 7.03. The second-order valence-electron chi connectivity index (χ2n) is 6.59. The summed E-state index contributed by atoms with van der Waals surface area (Å²) in [5.74, 6) is 0.136. The highest BCUT2D eigenvalue weighted by molar-refractivity contribution is 6.30. The molecule has 4 rings (SSSR count). The molecule has 2 aliphatic heterocycles. The number of amides is 1. The summed E-state index contributed by atoms with van der Waals surface area (Å²) >= 11 is 5.95. The highest BCUT2D eigenvalue weighted by Gasteiger charge is 2.38. The van der Waals surface area contributed by atoms with E-state index >= 15 is 0 Å². The highest BCUT2D eigenvalue weighted by atomic mass is 35.5. The number of aromatic amines is 1. The Kier molecular flexibility index (Phi) is 4.37. The lowest BCUT2D eigenvalue weighted by molar-refractivity contribution is -0.0502. The molecule has 0 aliphatic carbocycles. The number of nitrogens with one attached hydrogen (secondary N) is 2. The first-order valence-corrected chi connectivity index (χ1v) is 8.69. The molecule has 25 heavy (non-hydrogen) atoms. The van der Waals surface area contributed by atoms with Gasteiger partial charge in [0.2, 0.25) is 0 Å². The van der Waals surface area contributed by atoms with Gasteiger partial charge in [-0.1, -0.05) is 23.7 Å². The zero-order valence-electron chi connectivity index (χ0n) is 13.6. The van der Waals surface area contributed by atoms with Crippen LogP contribution in [0.15, 0.2) is 30.3 Å². The van der Waals surface area contributed by atoms with Gasteiger partial charge < -0.3 is 15.8 Å². The summed E-state index contributed by atoms with van der Waals surface area (Å²) in [6.45, 7) is 2.29. The minimum absolute atomic E-state index is 0.0374. The van der Waals surface area contributed by atoms with E-state index in [1.807, 2.05) is 24.3 Å². The SMILES string of the molecule is Nc1cc(C(=O)N[C@@H]2C[C@H]3CO[C@@H](c4ccc(Cl)cc4)CN3C2)[nH]n1. The van der Waals surface area contributed by atoms with Gasteiger partial charge in [0.25, 0.3) is 5.91 Å². The van der Waals surface area contributed by atoms with Crippen molar-refractivity contribution >= 4 is 23.3 Å². The number of morpholine rings is 1. The quantitative estimate of drug-likeness (QED) is 0.771. The molecule has 3 heterocycles. The summed E-state index contributed by atoms with van der Waals surface area (Å²) < 4.78 is 6.03. The number of fused-ring (bicyclic) bond motifs is 1. The molecule has 4 N–H and O–H groups in total. The number of nitrogen functional groups attached to an aromatic ring is 1. The predicted molar refractivity (Wildman–Crippen MR) is 94.4 cm³/mol. The molecule has 0 spiro atoms. The molecule has 8 heteroatoms. The first-order valence-electron chi connectivity index (χ1n) is 8.31. The van der Waals surface area contributed by atoms with Gasteiger partial charge in [0.05, 0.1) is 12.7 Å². The normalized spacial score (nSPS) is 26.4. The van der Waals surface area contributed by atoms with E-state index in [2.05, 4.69) is 20.4 Å². The summed E-state index contributed by atoms with van der Waals surface area (Å²) in [6, 6.07) is 9.74. The van der Waals surface area contributed by atoms with Crippen LogP contribution in [0.25, 0.3) is 0 Å². The first-order chi connectivity index (χ1) is 12.1. The Morgan fingerprint density at radius 2 is 2.16 bits per heavy atom. The molecule has 0 bridgehead atoms. The summed E-state index contributed by atoms with van der Waals surface area (Å²) in [4.78, 5) is 14.6. The van der Waals surface area contributed by atoms with Gasteiger partial charge in [-0.3, -0.25) is 14.8 Å². The van der Waals surface area contributed by atoms with Gasteiger partial charge in [-0.25, -0.2) is 0 Å². The zero-order valence-corrected chi connectivity index (χ0v) is 14.4. The fourth-order valence-electron chi connectivity index (χ4n) is 3.57. The average molecular weight is 362 g/mol. The van der Waals surface area contributed by atoms with Crippen molar-refractivity contribution in [2.45, 2.75) is 24.6 Å². The van der Waals surface area contributed by atoms with Gasteiger partial charge in [-0.15, -0.1) is 0 Å². The van der Waals surface area contributed by atoms with Crippen LogP contribution in [0.4, 0.5) is 5.82 Å². The largest absolute Gasteiger partial charge is 0.382 e. The van der Waals surface area contributed by atoms with Crippen LogP contribution in [0, 0.1) is 0 Å². The number of aromatic nitrogens is 2. The Balaban J connectivity index is 1.36. The molecule has 0 saturated carbocycles. The molecule has 3 atom stereocenters. The number of nitrogens with zero attached hydrogens (tertiary/aromatic N) is 2. The van der Waals surface area contributed by atoms with Gasteiger partial charge in [-0.2, -0.15) is 5.10 Å². The van der Waals surface area contributed by atoms with Gasteiger partial charge in [0.15, 0.2) is 0 Å². The molecule has 1 aromatic heterocycles. The molecule has 7 nitrogen and oxygen atoms in total. The Labute approximate surface area is 150 Å². The number of halogens is 1. The minimum atomic E-state index is -0.177. The Morgan fingerprint density at radius 1 is 1.36 bits per heavy atom. The standard InChI is InChI=1S/C17H20ClN5O2/c18-11-3-1-10(2-4-11)15-8-23-7-12(5-13(23)9-25-15)20-17(24)14-6-16(19)22-21-14/h1-4,6,12-13,15H,5,7-9H2,(H,20,24)(H3,19,21,22)/t12-,13+,15-/m1/s1. The summed E-state index contributed by atoms with van der Waals surface area (Å²) in [7, 11) is 0. The number of rotatable bonds is 3. The van der Waals surface area contributed by atoms with Crippen molar-refractivity contribution in [1.29, 1.82) is 0 Å². The van der Waals surface area contributed by atoms with Crippen LogP contribution in [0.1, 0.15) is 28.6 Å². The summed E-state index contributed by atoms with van der Waals surface area (Å²) in [5, 5.41) is 10.2. The molecule has 0 unspecified atom stereocenters. The van der Waals surface area contributed by atoms with Crippen molar-refractivity contribution in [3.63, 3.8) is 0 Å². The van der Waals surface area contributed by atoms with E-state index in [9.17, 15) is 4.79 Å². The molecule has 1 aromatic carbocycles. The van der Waals surface area contributed by atoms with E-state index in [1.54, 1.807) is 0 Å². The monoisotopic (exact) mass is 361 g/mol. The second kappa shape index (κ2) is 6.67. The molecule has 132 valence electrons. The van der Waals surface area contributed by atoms with Gasteiger partial charge >= 0.3 is 0 Å². The maximum absolute atomic E-state index is 12.2. The van der Waals surface area contributed by atoms with Crippen molar-refractivity contribution in [3.05, 3.63) is 46.6 Å². The first kappa shape index (κ1) is 16.4. The molecule has 2 fully saturated rings. The lowest BCUT2D eigenvalue weighted by Crippen LogP contribution is -2.43. The number of carbonyl (C=O) groups excluding carboxylic acids is 1. The molecule has 2 aliphatic rings. The third-order valence-electron chi connectivity index (χ3n) is 4.84. The summed E-state index contributed by atoms with van der Waals surface area (Å²) in [5.41, 5.74) is 7.06. The van der Waals surface area contributed by atoms with Crippen LogP contribution >= 0.6 is 11.6 Å². The molecule has 2 aromatic rings. The van der Waals surface area contributed by atoms with E-state index in [0.29, 0.717) is 24.2 Å². The Bertz CT molecular complexity index is 763. The highest BCUT2D eigenvalue weighted by Crippen LogP contribution is 2.30. The van der Waals surface area contributed by atoms with Crippen molar-refractivity contribution in [3.8, 4) is 0 Å². The Morgan fingerprint density at radius 3 is 2.88 bits per heavy atom. The lowest BCUT2D eigenvalue weighted by atomic mass is 10.1. The number of H-pyrrole nitrogens is 1. The number of benzene rings is 1. The van der Waals surface area contributed by atoms with Crippen molar-refractivity contribution in [2.24, 2.45) is 0 Å². The van der Waals surface area contributed by atoms with Crippen LogP contribution in [0.5, 0.6) is 0 Å². The number of anilines is 1. The van der Waals surface area contributed by atoms with Crippen LogP contribution in [0.2, 0.25) is 5.02 Å². The van der Waals surface area contributed by atoms with Gasteiger partial charge in [0, 0.05) is 36.3 Å². The van der Waals surface area contributed by atoms with Gasteiger partial charge in [0.1, 0.15) is 11.5 Å². The van der Waals surface area contributed by atoms with E-state index in [-0.39, 0.29) is 18.1 Å². The number of carbonyl (C=O) groups is 1. The fraction of sp³-hybridized carbons (Fsp3) is 0.412. The number of ether oxygens (including phenoxy) is 1. The minimum Gasteiger partial charge on any atom is -0.382 e. The van der Waals surface area contributed by atoms with Crippen LogP contribution in [-0.2, 0) is 4.74 Å². The topological polar surface area (TPSA) is 96.3 Å². The number of nitrogens with two attached hydrogens (primary N) is 1. The maximum atomic E-state index is 12.2. The Hall–Kier alpha value is -2.09. The number of hydrogen-bond acceptors (Lipinski definition) is 5. The smallest absolute Gasteiger partial charge is 0.269 e. The van der Waals surface area contributed by atoms with Crippen LogP contribution in [-0.4, -0.2) is 52.8 Å². The third kappa shape index (κ3) is 3.49. The molecular formula is C17H20ClN5O2. The molecule has 2 saturated heterocycles. The van der Waals surface area contributed by atoms with E-state index in [0.717, 1.165) is 30.1 Å². The lowest BCUT2D eigenvalue weighted by Gasteiger charge is -2.35. The van der Waals surface area contributed by atoms with Crippen LogP contribution < -0.4 is 11.1 Å². The molecule has 1 amide bonds. The summed E-state index contributed by atoms with van der Waals surface area (Å²) in [6.07, 6.45) is 0.915. The van der Waals surface area contributed by atoms with Crippen molar-refractivity contribution in [2.75, 3.05) is 25.4 Å². The fourth-order valence-corrected chi connectivity index (χ4v) is 3.70. The van der Waals surface area contributed by atoms with E-state index < -0.39 is 0 Å². The number of hydrogen-bond donors (Lipinski definition) is 3. The average Bonchev–Trinajstić information content (AvgIpc) is 3.20. The molecular weight excluding hydrogens is 342 g/mol. The maximum Gasteiger partial charge on any atom is 0.269 e. The zero-order chi connectivity index (χ0) is 17.4. The molecule has 0 radical (unpaired) electrons. The van der Waals surface area contributed by atoms with Crippen molar-refractivity contribution < 1.29 is 9.53 Å². The van der Waals surface area contributed by atoms with Crippen molar-refractivity contribution in [1.82, 2.24) is 20.4 Å². The van der Waals surface area contributed by atoms with Crippen LogP contribution in [0.3, 0.4) is 0 Å². The third-order valence-corrected chi connectivity index (χ3v) is 5.09. The predicted octanol–water partition coefficient (Wildman–Crippen LogP) is 1.59. The van der Waals surface area contributed by atoms with Gasteiger partial charge in [-0.05, 0) is 24.1 Å². The van der Waals surface area contributed by atoms with E-state index in [4.69, 9.17) is 22.1 Å².